The Hall–Kier alpha value is -3.35. The molecule has 1 unspecified atom stereocenters. The number of ether oxygens (including phenoxy) is 3. The summed E-state index contributed by atoms with van der Waals surface area (Å²) >= 11 is 0. The van der Waals surface area contributed by atoms with E-state index in [2.05, 4.69) is 15.3 Å². The molecule has 4 heterocycles. The van der Waals surface area contributed by atoms with Crippen LogP contribution in [0.4, 0.5) is 11.6 Å². The van der Waals surface area contributed by atoms with Crippen LogP contribution in [0.15, 0.2) is 30.6 Å². The number of aromatic nitrogens is 3. The second-order valence-electron chi connectivity index (χ2n) is 11.7. The molecular formula is C29H37N5O6S. The number of nitrogens with two attached hydrogens (primary N) is 1. The van der Waals surface area contributed by atoms with Gasteiger partial charge < -0.3 is 25.3 Å². The number of carbonyl (C=O) groups excluding carboxylic acids is 1. The van der Waals surface area contributed by atoms with Crippen LogP contribution in [0.3, 0.4) is 0 Å². The monoisotopic (exact) mass is 583 g/mol. The van der Waals surface area contributed by atoms with Crippen molar-refractivity contribution in [1.82, 2.24) is 15.0 Å². The molecule has 12 heteroatoms. The number of fused-ring (bicyclic) bond motifs is 3. The molecule has 41 heavy (non-hydrogen) atoms. The Morgan fingerprint density at radius 3 is 2.59 bits per heavy atom. The first kappa shape index (κ1) is 29.2. The number of nitrogens with zero attached hydrogens (tertiary/aromatic N) is 3. The van der Waals surface area contributed by atoms with Crippen LogP contribution in [-0.2, 0) is 30.3 Å². The molecule has 0 bridgehead atoms. The number of esters is 1. The van der Waals surface area contributed by atoms with Gasteiger partial charge in [-0.3, -0.25) is 0 Å². The van der Waals surface area contributed by atoms with Crippen molar-refractivity contribution in [2.45, 2.75) is 75.4 Å². The van der Waals surface area contributed by atoms with Gasteiger partial charge >= 0.3 is 5.97 Å². The van der Waals surface area contributed by atoms with Gasteiger partial charge in [-0.25, -0.2) is 28.2 Å². The fourth-order valence-electron chi connectivity index (χ4n) is 5.50. The SMILES string of the molecule is COCC(C)(N)c1cnc(O[C@H](C)C[C@@H](C)S(C)(=O)=O)c2cnc(Nc3ccc4c(n3)C3(CC3)[C@@H](C)OC4=O)cc12. The fourth-order valence-corrected chi connectivity index (χ4v) is 6.12. The Morgan fingerprint density at radius 1 is 1.20 bits per heavy atom. The van der Waals surface area contributed by atoms with Crippen LogP contribution in [-0.4, -0.2) is 66.8 Å². The van der Waals surface area contributed by atoms with Gasteiger partial charge in [0, 0.05) is 37.7 Å². The molecule has 0 aromatic carbocycles. The lowest BCUT2D eigenvalue weighted by Gasteiger charge is -2.30. The summed E-state index contributed by atoms with van der Waals surface area (Å²) in [4.78, 5) is 26.4. The summed E-state index contributed by atoms with van der Waals surface area (Å²) in [6, 6.07) is 5.34. The first-order chi connectivity index (χ1) is 19.2. The molecular weight excluding hydrogens is 546 g/mol. The maximum absolute atomic E-state index is 12.5. The number of sulfone groups is 1. The van der Waals surface area contributed by atoms with E-state index in [-0.39, 0.29) is 24.1 Å². The summed E-state index contributed by atoms with van der Waals surface area (Å²) in [5, 5.41) is 4.11. The Bertz CT molecular complexity index is 1600. The van der Waals surface area contributed by atoms with Crippen LogP contribution in [0.2, 0.25) is 0 Å². The second kappa shape index (κ2) is 10.5. The maximum Gasteiger partial charge on any atom is 0.340 e. The average Bonchev–Trinajstić information content (AvgIpc) is 3.69. The highest BCUT2D eigenvalue weighted by Gasteiger charge is 2.56. The molecule has 220 valence electrons. The standard InChI is InChI=1S/C29H37N5O6S/c1-16(11-17(2)41(6,36)37)39-26-21-13-31-24(12-20(21)22(14-32-26)28(4,30)15-38-5)33-23-8-7-19-25(34-23)29(9-10-29)18(3)40-27(19)35/h7-8,12-14,16-18H,9-11,15,30H2,1-6H3,(H,31,33,34)/t16-,17-,18-,28?/m1/s1. The van der Waals surface area contributed by atoms with Gasteiger partial charge in [0.1, 0.15) is 27.6 Å². The number of pyridine rings is 3. The summed E-state index contributed by atoms with van der Waals surface area (Å²) in [5.74, 6) is 1.07. The number of carbonyl (C=O) groups is 1. The molecule has 5 rings (SSSR count). The van der Waals surface area contributed by atoms with Crippen molar-refractivity contribution in [1.29, 1.82) is 0 Å². The number of anilines is 2. The van der Waals surface area contributed by atoms with E-state index < -0.39 is 26.7 Å². The van der Waals surface area contributed by atoms with E-state index in [0.717, 1.165) is 29.5 Å². The molecule has 2 aliphatic rings. The minimum Gasteiger partial charge on any atom is -0.474 e. The first-order valence-corrected chi connectivity index (χ1v) is 15.6. The van der Waals surface area contributed by atoms with E-state index >= 15 is 0 Å². The van der Waals surface area contributed by atoms with Crippen LogP contribution < -0.4 is 15.8 Å². The highest BCUT2D eigenvalue weighted by Crippen LogP contribution is 2.54. The van der Waals surface area contributed by atoms with Crippen LogP contribution in [0.5, 0.6) is 5.88 Å². The third-order valence-corrected chi connectivity index (χ3v) is 9.85. The second-order valence-corrected chi connectivity index (χ2v) is 14.1. The number of cyclic esters (lactones) is 1. The topological polar surface area (TPSA) is 156 Å². The molecule has 0 radical (unpaired) electrons. The van der Waals surface area contributed by atoms with Crippen molar-refractivity contribution in [2.24, 2.45) is 5.73 Å². The van der Waals surface area contributed by atoms with Crippen LogP contribution in [0.25, 0.3) is 10.8 Å². The van der Waals surface area contributed by atoms with E-state index in [1.807, 2.05) is 26.8 Å². The zero-order chi connectivity index (χ0) is 29.7. The van der Waals surface area contributed by atoms with Gasteiger partial charge in [-0.15, -0.1) is 0 Å². The summed E-state index contributed by atoms with van der Waals surface area (Å²) in [7, 11) is -1.61. The molecule has 1 aliphatic carbocycles. The number of nitrogens with one attached hydrogen (secondary N) is 1. The maximum atomic E-state index is 12.5. The Kier molecular flexibility index (Phi) is 7.46. The normalized spacial score (nSPS) is 20.6. The highest BCUT2D eigenvalue weighted by atomic mass is 32.2. The summed E-state index contributed by atoms with van der Waals surface area (Å²) in [6.07, 6.45) is 6.06. The molecule has 11 nitrogen and oxygen atoms in total. The Labute approximate surface area is 240 Å². The van der Waals surface area contributed by atoms with Crippen LogP contribution in [0.1, 0.15) is 68.6 Å². The Morgan fingerprint density at radius 2 is 1.93 bits per heavy atom. The van der Waals surface area contributed by atoms with Gasteiger partial charge in [-0.1, -0.05) is 0 Å². The zero-order valence-corrected chi connectivity index (χ0v) is 25.0. The van der Waals surface area contributed by atoms with E-state index in [1.54, 1.807) is 38.6 Å². The van der Waals surface area contributed by atoms with Gasteiger partial charge in [0.05, 0.1) is 45.6 Å². The van der Waals surface area contributed by atoms with Gasteiger partial charge in [0.25, 0.3) is 0 Å². The molecule has 4 atom stereocenters. The van der Waals surface area contributed by atoms with Crippen molar-refractivity contribution in [3.63, 3.8) is 0 Å². The molecule has 0 saturated heterocycles. The quantitative estimate of drug-likeness (QED) is 0.335. The third kappa shape index (κ3) is 5.60. The fraction of sp³-hybridized carbons (Fsp3) is 0.517. The van der Waals surface area contributed by atoms with Gasteiger partial charge in [-0.2, -0.15) is 0 Å². The Balaban J connectivity index is 1.50. The third-order valence-electron chi connectivity index (χ3n) is 8.20. The van der Waals surface area contributed by atoms with E-state index in [1.165, 1.54) is 6.26 Å². The van der Waals surface area contributed by atoms with Crippen molar-refractivity contribution in [3.8, 4) is 5.88 Å². The number of methoxy groups -OCH3 is 1. The van der Waals surface area contributed by atoms with Gasteiger partial charge in [0.2, 0.25) is 5.88 Å². The first-order valence-electron chi connectivity index (χ1n) is 13.7. The predicted octanol–water partition coefficient (Wildman–Crippen LogP) is 3.77. The largest absolute Gasteiger partial charge is 0.474 e. The van der Waals surface area contributed by atoms with Crippen molar-refractivity contribution in [2.75, 3.05) is 25.3 Å². The molecule has 1 saturated carbocycles. The predicted molar refractivity (Wildman–Crippen MR) is 155 cm³/mol. The zero-order valence-electron chi connectivity index (χ0n) is 24.2. The van der Waals surface area contributed by atoms with Crippen molar-refractivity contribution < 1.29 is 27.4 Å². The molecule has 1 spiro atoms. The molecule has 3 N–H and O–H groups in total. The number of rotatable bonds is 10. The molecule has 3 aromatic heterocycles. The minimum atomic E-state index is -3.20. The van der Waals surface area contributed by atoms with Crippen LogP contribution >= 0.6 is 0 Å². The summed E-state index contributed by atoms with van der Waals surface area (Å²) in [6.45, 7) is 7.51. The van der Waals surface area contributed by atoms with Gasteiger partial charge in [0.15, 0.2) is 0 Å². The number of hydrogen-bond donors (Lipinski definition) is 2. The van der Waals surface area contributed by atoms with E-state index in [4.69, 9.17) is 24.9 Å². The van der Waals surface area contributed by atoms with E-state index in [0.29, 0.717) is 34.9 Å². The van der Waals surface area contributed by atoms with Crippen molar-refractivity contribution >= 4 is 38.2 Å². The lowest BCUT2D eigenvalue weighted by molar-refractivity contribution is 0.0183. The smallest absolute Gasteiger partial charge is 0.340 e. The minimum absolute atomic E-state index is 0.219. The van der Waals surface area contributed by atoms with E-state index in [9.17, 15) is 13.2 Å². The lowest BCUT2D eigenvalue weighted by atomic mass is 9.89. The lowest BCUT2D eigenvalue weighted by Crippen LogP contribution is -2.38. The summed E-state index contributed by atoms with van der Waals surface area (Å²) in [5.41, 5.74) is 7.56. The molecule has 1 aliphatic heterocycles. The van der Waals surface area contributed by atoms with Crippen molar-refractivity contribution in [3.05, 3.63) is 47.4 Å². The molecule has 1 fully saturated rings. The molecule has 3 aromatic rings. The summed E-state index contributed by atoms with van der Waals surface area (Å²) < 4.78 is 41.0. The van der Waals surface area contributed by atoms with Crippen LogP contribution in [0, 0.1) is 0 Å². The number of hydrogen-bond acceptors (Lipinski definition) is 11. The molecule has 0 amide bonds. The van der Waals surface area contributed by atoms with Gasteiger partial charge in [-0.05, 0) is 64.1 Å². The average molecular weight is 584 g/mol. The highest BCUT2D eigenvalue weighted by molar-refractivity contribution is 7.91.